The summed E-state index contributed by atoms with van der Waals surface area (Å²) in [6.45, 7) is 0. The highest BCUT2D eigenvalue weighted by Crippen LogP contribution is 2.20. The van der Waals surface area contributed by atoms with Gasteiger partial charge in [0.05, 0.1) is 16.5 Å². The summed E-state index contributed by atoms with van der Waals surface area (Å²) < 4.78 is 38.0. The van der Waals surface area contributed by atoms with Gasteiger partial charge in [-0.3, -0.25) is 4.72 Å². The van der Waals surface area contributed by atoms with Gasteiger partial charge in [0.1, 0.15) is 5.82 Å². The summed E-state index contributed by atoms with van der Waals surface area (Å²) >= 11 is 10.9. The highest BCUT2D eigenvalue weighted by Gasteiger charge is 2.10. The van der Waals surface area contributed by atoms with Crippen molar-refractivity contribution in [1.29, 1.82) is 0 Å². The molecular formula is C9H10Cl2FNO2S. The largest absolute Gasteiger partial charge is 0.284 e. The second kappa shape index (κ2) is 5.70. The molecule has 0 amide bonds. The van der Waals surface area contributed by atoms with Crippen molar-refractivity contribution in [3.63, 3.8) is 0 Å². The summed E-state index contributed by atoms with van der Waals surface area (Å²) in [4.78, 5) is 0. The van der Waals surface area contributed by atoms with Crippen LogP contribution in [0.15, 0.2) is 18.2 Å². The second-order valence-corrected chi connectivity index (χ2v) is 5.72. The number of anilines is 1. The van der Waals surface area contributed by atoms with E-state index in [2.05, 4.69) is 4.72 Å². The van der Waals surface area contributed by atoms with Crippen molar-refractivity contribution in [1.82, 2.24) is 0 Å². The van der Waals surface area contributed by atoms with Gasteiger partial charge < -0.3 is 0 Å². The Bertz CT molecular complexity index is 465. The SMILES string of the molecule is O=S(=O)(CCCCl)Nc1ccc(F)c(Cl)c1. The third-order valence-electron chi connectivity index (χ3n) is 1.74. The Morgan fingerprint density at radius 1 is 1.38 bits per heavy atom. The zero-order chi connectivity index (χ0) is 12.2. The van der Waals surface area contributed by atoms with Crippen molar-refractivity contribution < 1.29 is 12.8 Å². The monoisotopic (exact) mass is 285 g/mol. The lowest BCUT2D eigenvalue weighted by Crippen LogP contribution is -2.17. The lowest BCUT2D eigenvalue weighted by Gasteiger charge is -2.07. The molecule has 0 atom stereocenters. The maximum Gasteiger partial charge on any atom is 0.232 e. The molecule has 90 valence electrons. The van der Waals surface area contributed by atoms with Gasteiger partial charge in [-0.25, -0.2) is 12.8 Å². The van der Waals surface area contributed by atoms with Crippen LogP contribution < -0.4 is 4.72 Å². The van der Waals surface area contributed by atoms with Crippen LogP contribution in [-0.4, -0.2) is 20.1 Å². The van der Waals surface area contributed by atoms with E-state index in [1.165, 1.54) is 12.1 Å². The van der Waals surface area contributed by atoms with Crippen molar-refractivity contribution in [3.05, 3.63) is 29.0 Å². The number of halogens is 3. The van der Waals surface area contributed by atoms with Gasteiger partial charge in [0, 0.05) is 5.88 Å². The Morgan fingerprint density at radius 2 is 2.06 bits per heavy atom. The van der Waals surface area contributed by atoms with E-state index in [0.29, 0.717) is 6.42 Å². The molecule has 0 aliphatic carbocycles. The number of alkyl halides is 1. The van der Waals surface area contributed by atoms with Gasteiger partial charge in [0.15, 0.2) is 0 Å². The molecule has 7 heteroatoms. The number of benzene rings is 1. The van der Waals surface area contributed by atoms with E-state index in [0.717, 1.165) is 6.07 Å². The first-order valence-corrected chi connectivity index (χ1v) is 7.02. The Morgan fingerprint density at radius 3 is 2.62 bits per heavy atom. The molecular weight excluding hydrogens is 276 g/mol. The first kappa shape index (κ1) is 13.5. The van der Waals surface area contributed by atoms with E-state index in [4.69, 9.17) is 23.2 Å². The molecule has 1 aromatic carbocycles. The standard InChI is InChI=1S/C9H10Cl2FNO2S/c10-4-1-5-16(14,15)13-7-2-3-9(12)8(11)6-7/h2-3,6,13H,1,4-5H2. The smallest absolute Gasteiger partial charge is 0.232 e. The van der Waals surface area contributed by atoms with E-state index in [9.17, 15) is 12.8 Å². The number of hydrogen-bond donors (Lipinski definition) is 1. The van der Waals surface area contributed by atoms with Crippen LogP contribution in [0.3, 0.4) is 0 Å². The molecule has 0 heterocycles. The normalized spacial score (nSPS) is 11.4. The zero-order valence-corrected chi connectivity index (χ0v) is 10.5. The molecule has 1 N–H and O–H groups in total. The lowest BCUT2D eigenvalue weighted by atomic mass is 10.3. The highest BCUT2D eigenvalue weighted by atomic mass is 35.5. The first-order chi connectivity index (χ1) is 7.44. The van der Waals surface area contributed by atoms with Crippen molar-refractivity contribution in [3.8, 4) is 0 Å². The van der Waals surface area contributed by atoms with E-state index in [1.54, 1.807) is 0 Å². The van der Waals surface area contributed by atoms with E-state index >= 15 is 0 Å². The molecule has 0 saturated heterocycles. The van der Waals surface area contributed by atoms with E-state index in [1.807, 2.05) is 0 Å². The van der Waals surface area contributed by atoms with Crippen LogP contribution in [0.5, 0.6) is 0 Å². The van der Waals surface area contributed by atoms with Crippen LogP contribution in [0.2, 0.25) is 5.02 Å². The number of nitrogens with one attached hydrogen (secondary N) is 1. The molecule has 0 aliphatic rings. The van der Waals surface area contributed by atoms with E-state index < -0.39 is 15.8 Å². The number of sulfonamides is 1. The lowest BCUT2D eigenvalue weighted by molar-refractivity contribution is 0.599. The van der Waals surface area contributed by atoms with Crippen LogP contribution in [0.4, 0.5) is 10.1 Å². The first-order valence-electron chi connectivity index (χ1n) is 4.46. The second-order valence-electron chi connectivity index (χ2n) is 3.09. The van der Waals surface area contributed by atoms with Gasteiger partial charge >= 0.3 is 0 Å². The summed E-state index contributed by atoms with van der Waals surface area (Å²) in [7, 11) is -3.44. The summed E-state index contributed by atoms with van der Waals surface area (Å²) in [6, 6.07) is 3.62. The van der Waals surface area contributed by atoms with Gasteiger partial charge in [-0.15, -0.1) is 11.6 Å². The molecule has 0 fully saturated rings. The fraction of sp³-hybridized carbons (Fsp3) is 0.333. The molecule has 16 heavy (non-hydrogen) atoms. The average molecular weight is 286 g/mol. The molecule has 1 rings (SSSR count). The Balaban J connectivity index is 2.76. The zero-order valence-electron chi connectivity index (χ0n) is 8.21. The van der Waals surface area contributed by atoms with Crippen molar-refractivity contribution in [2.75, 3.05) is 16.4 Å². The van der Waals surface area contributed by atoms with Crippen LogP contribution in [0, 0.1) is 5.82 Å². The van der Waals surface area contributed by atoms with Gasteiger partial charge in [-0.05, 0) is 24.6 Å². The summed E-state index contributed by atoms with van der Waals surface area (Å²) in [6.07, 6.45) is 0.353. The minimum atomic E-state index is -3.44. The minimum Gasteiger partial charge on any atom is -0.284 e. The average Bonchev–Trinajstić information content (AvgIpc) is 2.20. The highest BCUT2D eigenvalue weighted by molar-refractivity contribution is 7.92. The fourth-order valence-corrected chi connectivity index (χ4v) is 2.62. The Labute approximate surface area is 104 Å². The molecule has 0 spiro atoms. The number of rotatable bonds is 5. The van der Waals surface area contributed by atoms with Crippen LogP contribution in [0.1, 0.15) is 6.42 Å². The summed E-state index contributed by atoms with van der Waals surface area (Å²) in [5.41, 5.74) is 0.237. The molecule has 0 aliphatic heterocycles. The van der Waals surface area contributed by atoms with Crippen molar-refractivity contribution in [2.24, 2.45) is 0 Å². The van der Waals surface area contributed by atoms with Gasteiger partial charge in [0.25, 0.3) is 0 Å². The Hall–Kier alpha value is -0.520. The van der Waals surface area contributed by atoms with Crippen molar-refractivity contribution >= 4 is 38.9 Å². The maximum atomic E-state index is 12.8. The molecule has 0 aromatic heterocycles. The van der Waals surface area contributed by atoms with Crippen molar-refractivity contribution in [2.45, 2.75) is 6.42 Å². The predicted molar refractivity (Wildman–Crippen MR) is 64.2 cm³/mol. The van der Waals surface area contributed by atoms with Crippen LogP contribution in [-0.2, 0) is 10.0 Å². The molecule has 0 saturated carbocycles. The van der Waals surface area contributed by atoms with Gasteiger partial charge in [0.2, 0.25) is 10.0 Å². The predicted octanol–water partition coefficient (Wildman–Crippen LogP) is 2.85. The third kappa shape index (κ3) is 4.15. The van der Waals surface area contributed by atoms with Crippen LogP contribution in [0.25, 0.3) is 0 Å². The maximum absolute atomic E-state index is 12.8. The van der Waals surface area contributed by atoms with E-state index in [-0.39, 0.29) is 22.3 Å². The van der Waals surface area contributed by atoms with Gasteiger partial charge in [-0.1, -0.05) is 11.6 Å². The minimum absolute atomic E-state index is 0.0779. The quantitative estimate of drug-likeness (QED) is 0.846. The fourth-order valence-electron chi connectivity index (χ4n) is 1.03. The summed E-state index contributed by atoms with van der Waals surface area (Å²) in [5, 5.41) is -0.127. The molecule has 0 radical (unpaired) electrons. The topological polar surface area (TPSA) is 46.2 Å². The Kier molecular flexibility index (Phi) is 4.83. The van der Waals surface area contributed by atoms with Crippen LogP contribution >= 0.6 is 23.2 Å². The van der Waals surface area contributed by atoms with Gasteiger partial charge in [-0.2, -0.15) is 0 Å². The molecule has 1 aromatic rings. The molecule has 0 unspecified atom stereocenters. The number of hydrogen-bond acceptors (Lipinski definition) is 2. The molecule has 3 nitrogen and oxygen atoms in total. The summed E-state index contributed by atoms with van der Waals surface area (Å²) in [5.74, 6) is -0.401. The molecule has 0 bridgehead atoms. The third-order valence-corrected chi connectivity index (χ3v) is 3.67.